The molecule has 5 N–H and O–H groups in total. The summed E-state index contributed by atoms with van der Waals surface area (Å²) >= 11 is 1.65. The molecule has 36 heavy (non-hydrogen) atoms. The van der Waals surface area contributed by atoms with Gasteiger partial charge in [0.15, 0.2) is 11.5 Å². The Hall–Kier alpha value is -3.74. The summed E-state index contributed by atoms with van der Waals surface area (Å²) in [5.74, 6) is -0.162. The third-order valence-corrected chi connectivity index (χ3v) is 7.78. The summed E-state index contributed by atoms with van der Waals surface area (Å²) < 4.78 is -0.536. The van der Waals surface area contributed by atoms with E-state index in [4.69, 9.17) is 5.73 Å². The van der Waals surface area contributed by atoms with E-state index >= 15 is 0 Å². The van der Waals surface area contributed by atoms with Crippen molar-refractivity contribution >= 4 is 17.7 Å². The van der Waals surface area contributed by atoms with E-state index in [0.29, 0.717) is 18.7 Å². The number of nitrogens with one attached hydrogen (secondary N) is 1. The minimum absolute atomic E-state index is 0.166. The molecule has 4 aromatic carbocycles. The van der Waals surface area contributed by atoms with Gasteiger partial charge in [-0.1, -0.05) is 97.1 Å². The Morgan fingerprint density at radius 2 is 1.28 bits per heavy atom. The predicted octanol–water partition coefficient (Wildman–Crippen LogP) is 4.81. The Labute approximate surface area is 216 Å². The second-order valence-electron chi connectivity index (χ2n) is 8.56. The van der Waals surface area contributed by atoms with Crippen molar-refractivity contribution in [3.05, 3.63) is 131 Å². The van der Waals surface area contributed by atoms with Crippen LogP contribution in [0.5, 0.6) is 11.5 Å². The van der Waals surface area contributed by atoms with Crippen LogP contribution in [0.3, 0.4) is 0 Å². The topological polar surface area (TPSA) is 95.6 Å². The van der Waals surface area contributed by atoms with Crippen LogP contribution in [0.15, 0.2) is 109 Å². The van der Waals surface area contributed by atoms with Gasteiger partial charge >= 0.3 is 0 Å². The smallest absolute Gasteiger partial charge is 0.237 e. The van der Waals surface area contributed by atoms with Crippen molar-refractivity contribution in [2.45, 2.75) is 17.2 Å². The molecule has 5 nitrogen and oxygen atoms in total. The number of hydrogen-bond donors (Lipinski definition) is 4. The number of carbonyl (C=O) groups excluding carboxylic acids is 1. The van der Waals surface area contributed by atoms with Crippen molar-refractivity contribution in [3.63, 3.8) is 0 Å². The summed E-state index contributed by atoms with van der Waals surface area (Å²) in [5.41, 5.74) is 10.5. The number of thioether (sulfide) groups is 1. The first-order valence-electron chi connectivity index (χ1n) is 11.9. The first-order valence-corrected chi connectivity index (χ1v) is 12.8. The maximum Gasteiger partial charge on any atom is 0.237 e. The highest BCUT2D eigenvalue weighted by atomic mass is 32.2. The summed E-state index contributed by atoms with van der Waals surface area (Å²) in [4.78, 5) is 12.8. The molecule has 0 saturated heterocycles. The Morgan fingerprint density at radius 1 is 0.778 bits per heavy atom. The number of nitrogens with two attached hydrogens (primary N) is 1. The van der Waals surface area contributed by atoms with Crippen molar-refractivity contribution in [3.8, 4) is 11.5 Å². The molecule has 0 spiro atoms. The lowest BCUT2D eigenvalue weighted by atomic mass is 9.84. The molecule has 0 saturated carbocycles. The molecule has 0 bridgehead atoms. The van der Waals surface area contributed by atoms with Crippen molar-refractivity contribution in [2.75, 3.05) is 12.3 Å². The molecule has 184 valence electrons. The number of carbonyl (C=O) groups is 1. The van der Waals surface area contributed by atoms with Crippen LogP contribution in [0, 0.1) is 0 Å². The fourth-order valence-electron chi connectivity index (χ4n) is 4.24. The van der Waals surface area contributed by atoms with E-state index in [-0.39, 0.29) is 17.4 Å². The minimum Gasteiger partial charge on any atom is -0.504 e. The van der Waals surface area contributed by atoms with Crippen LogP contribution in [0.2, 0.25) is 0 Å². The number of rotatable bonds is 10. The molecule has 1 atom stereocenters. The average Bonchev–Trinajstić information content (AvgIpc) is 2.92. The van der Waals surface area contributed by atoms with E-state index in [2.05, 4.69) is 41.7 Å². The first kappa shape index (κ1) is 25.4. The minimum atomic E-state index is -0.710. The lowest BCUT2D eigenvalue weighted by Crippen LogP contribution is -2.44. The summed E-state index contributed by atoms with van der Waals surface area (Å²) in [6.45, 7) is 0.378. The van der Waals surface area contributed by atoms with Crippen molar-refractivity contribution in [2.24, 2.45) is 5.73 Å². The second-order valence-corrected chi connectivity index (χ2v) is 9.80. The number of amides is 1. The van der Waals surface area contributed by atoms with E-state index in [1.807, 2.05) is 54.6 Å². The zero-order valence-electron chi connectivity index (χ0n) is 19.9. The predicted molar refractivity (Wildman–Crippen MR) is 146 cm³/mol. The van der Waals surface area contributed by atoms with E-state index in [1.54, 1.807) is 17.8 Å². The van der Waals surface area contributed by atoms with Gasteiger partial charge in [0.2, 0.25) is 5.91 Å². The Kier molecular flexibility index (Phi) is 8.31. The van der Waals surface area contributed by atoms with Crippen LogP contribution in [0.25, 0.3) is 0 Å². The molecule has 4 aromatic rings. The molecule has 0 radical (unpaired) electrons. The molecule has 6 heteroatoms. The molecule has 0 unspecified atom stereocenters. The van der Waals surface area contributed by atoms with E-state index in [0.717, 1.165) is 22.3 Å². The quantitative estimate of drug-likeness (QED) is 0.186. The average molecular weight is 499 g/mol. The number of hydrogen-bond acceptors (Lipinski definition) is 5. The van der Waals surface area contributed by atoms with Crippen LogP contribution in [0.4, 0.5) is 0 Å². The molecule has 1 amide bonds. The molecule has 0 fully saturated rings. The standard InChI is InChI=1S/C30H30N2O3S/c31-26(29(35)32-19-18-22-16-17-27(33)28(34)20-22)21-36-30(23-10-4-1-5-11-23,24-12-6-2-7-13-24)25-14-8-3-9-15-25/h1-17,20,26,33-34H,18-19,21,31H2,(H,32,35)/t26-/m0/s1. The van der Waals surface area contributed by atoms with Gasteiger partial charge in [-0.3, -0.25) is 4.79 Å². The lowest BCUT2D eigenvalue weighted by Gasteiger charge is -2.36. The molecular weight excluding hydrogens is 468 g/mol. The lowest BCUT2D eigenvalue weighted by molar-refractivity contribution is -0.121. The van der Waals surface area contributed by atoms with Gasteiger partial charge in [-0.05, 0) is 40.8 Å². The first-order chi connectivity index (χ1) is 17.5. The fraction of sp³-hybridized carbons (Fsp3) is 0.167. The third-order valence-electron chi connectivity index (χ3n) is 6.11. The SMILES string of the molecule is N[C@@H](CSC(c1ccccc1)(c1ccccc1)c1ccccc1)C(=O)NCCc1ccc(O)c(O)c1. The van der Waals surface area contributed by atoms with E-state index in [1.165, 1.54) is 12.1 Å². The molecule has 0 aromatic heterocycles. The summed E-state index contributed by atoms with van der Waals surface area (Å²) in [6, 6.07) is 34.8. The Morgan fingerprint density at radius 3 is 1.75 bits per heavy atom. The van der Waals surface area contributed by atoms with Crippen molar-refractivity contribution < 1.29 is 15.0 Å². The van der Waals surface area contributed by atoms with Gasteiger partial charge in [0.05, 0.1) is 10.8 Å². The number of phenols is 2. The number of benzene rings is 4. The van der Waals surface area contributed by atoms with Crippen LogP contribution in [-0.4, -0.2) is 34.5 Å². The monoisotopic (exact) mass is 498 g/mol. The molecule has 4 rings (SSSR count). The summed E-state index contributed by atoms with van der Waals surface area (Å²) in [7, 11) is 0. The van der Waals surface area contributed by atoms with Gasteiger partial charge in [-0.2, -0.15) is 0 Å². The zero-order chi connectivity index (χ0) is 25.4. The molecule has 0 aliphatic heterocycles. The van der Waals surface area contributed by atoms with Gasteiger partial charge in [-0.25, -0.2) is 0 Å². The highest BCUT2D eigenvalue weighted by Crippen LogP contribution is 2.48. The number of phenolic OH excluding ortho intramolecular Hbond substituents is 2. The van der Waals surface area contributed by atoms with Crippen LogP contribution in [0.1, 0.15) is 22.3 Å². The fourth-order valence-corrected chi connectivity index (χ4v) is 5.73. The Balaban J connectivity index is 1.52. The van der Waals surface area contributed by atoms with Crippen molar-refractivity contribution in [1.82, 2.24) is 5.32 Å². The second kappa shape index (κ2) is 11.8. The largest absolute Gasteiger partial charge is 0.504 e. The van der Waals surface area contributed by atoms with Crippen LogP contribution < -0.4 is 11.1 Å². The van der Waals surface area contributed by atoms with Gasteiger partial charge < -0.3 is 21.3 Å². The molecule has 0 heterocycles. The van der Waals surface area contributed by atoms with E-state index < -0.39 is 10.8 Å². The van der Waals surface area contributed by atoms with Gasteiger partial charge in [0.25, 0.3) is 0 Å². The van der Waals surface area contributed by atoms with E-state index in [9.17, 15) is 15.0 Å². The normalized spacial score (nSPS) is 12.1. The highest BCUT2D eigenvalue weighted by molar-refractivity contribution is 8.00. The van der Waals surface area contributed by atoms with Gasteiger partial charge in [0.1, 0.15) is 0 Å². The highest BCUT2D eigenvalue weighted by Gasteiger charge is 2.37. The van der Waals surface area contributed by atoms with Crippen LogP contribution in [-0.2, 0) is 16.0 Å². The Bertz CT molecular complexity index is 1170. The molecular formula is C30H30N2O3S. The maximum atomic E-state index is 12.8. The summed E-state index contributed by atoms with van der Waals surface area (Å²) in [5, 5.41) is 22.0. The van der Waals surface area contributed by atoms with Crippen molar-refractivity contribution in [1.29, 1.82) is 0 Å². The maximum absolute atomic E-state index is 12.8. The van der Waals surface area contributed by atoms with Gasteiger partial charge in [0, 0.05) is 12.3 Å². The molecule has 0 aliphatic rings. The third kappa shape index (κ3) is 5.73. The molecule has 0 aliphatic carbocycles. The summed E-state index contributed by atoms with van der Waals surface area (Å²) in [6.07, 6.45) is 0.515. The zero-order valence-corrected chi connectivity index (χ0v) is 20.7. The number of aromatic hydroxyl groups is 2. The van der Waals surface area contributed by atoms with Crippen LogP contribution >= 0.6 is 11.8 Å². The van der Waals surface area contributed by atoms with Gasteiger partial charge in [-0.15, -0.1) is 11.8 Å².